The van der Waals surface area contributed by atoms with Crippen molar-refractivity contribution in [2.45, 2.75) is 19.9 Å². The first kappa shape index (κ1) is 13.2. The highest BCUT2D eigenvalue weighted by Gasteiger charge is 1.99. The van der Waals surface area contributed by atoms with Crippen LogP contribution in [0.25, 0.3) is 0 Å². The Morgan fingerprint density at radius 2 is 2.19 bits per heavy atom. The van der Waals surface area contributed by atoms with Crippen LogP contribution in [0.3, 0.4) is 0 Å². The van der Waals surface area contributed by atoms with Crippen molar-refractivity contribution >= 4 is 0 Å². The highest BCUT2D eigenvalue weighted by Crippen LogP contribution is 2.07. The van der Waals surface area contributed by atoms with Crippen LogP contribution < -0.4 is 5.32 Å². The van der Waals surface area contributed by atoms with Crippen LogP contribution in [0.5, 0.6) is 0 Å². The number of furan rings is 1. The van der Waals surface area contributed by atoms with Gasteiger partial charge in [0.25, 0.3) is 0 Å². The molecule has 0 fully saturated rings. The second-order valence-corrected chi connectivity index (χ2v) is 3.66. The Kier molecular flexibility index (Phi) is 6.88. The summed E-state index contributed by atoms with van der Waals surface area (Å²) in [6.45, 7) is 5.89. The third kappa shape index (κ3) is 5.30. The number of methoxy groups -OCH3 is 1. The monoisotopic (exact) mass is 227 g/mol. The smallest absolute Gasteiger partial charge is 0.120 e. The van der Waals surface area contributed by atoms with Gasteiger partial charge in [-0.15, -0.1) is 0 Å². The van der Waals surface area contributed by atoms with Crippen LogP contribution in [0.1, 0.15) is 17.7 Å². The van der Waals surface area contributed by atoms with Crippen molar-refractivity contribution in [2.24, 2.45) is 0 Å². The molecule has 0 atom stereocenters. The Bertz CT molecular complexity index is 273. The third-order valence-electron chi connectivity index (χ3n) is 2.33. The van der Waals surface area contributed by atoms with Gasteiger partial charge >= 0.3 is 0 Å². The van der Waals surface area contributed by atoms with Gasteiger partial charge in [-0.2, -0.15) is 0 Å². The summed E-state index contributed by atoms with van der Waals surface area (Å²) in [6, 6.07) is 1.98. The summed E-state index contributed by atoms with van der Waals surface area (Å²) < 4.78 is 15.5. The zero-order chi connectivity index (χ0) is 11.6. The predicted octanol–water partition coefficient (Wildman–Crippen LogP) is 1.73. The van der Waals surface area contributed by atoms with Gasteiger partial charge in [0.1, 0.15) is 5.76 Å². The topological polar surface area (TPSA) is 43.6 Å². The molecule has 0 amide bonds. The van der Waals surface area contributed by atoms with Gasteiger partial charge in [0.15, 0.2) is 0 Å². The third-order valence-corrected chi connectivity index (χ3v) is 2.33. The summed E-state index contributed by atoms with van der Waals surface area (Å²) in [5, 5.41) is 3.31. The number of ether oxygens (including phenoxy) is 2. The van der Waals surface area contributed by atoms with E-state index in [9.17, 15) is 0 Å². The Labute approximate surface area is 96.9 Å². The lowest BCUT2D eigenvalue weighted by atomic mass is 10.3. The summed E-state index contributed by atoms with van der Waals surface area (Å²) in [6.07, 6.45) is 2.73. The SMILES string of the molecule is COCCOCCCNCc1occc1C. The molecule has 0 aliphatic heterocycles. The fourth-order valence-electron chi connectivity index (χ4n) is 1.33. The van der Waals surface area contributed by atoms with Crippen molar-refractivity contribution in [3.63, 3.8) is 0 Å². The minimum Gasteiger partial charge on any atom is -0.468 e. The van der Waals surface area contributed by atoms with Crippen molar-refractivity contribution in [1.29, 1.82) is 0 Å². The zero-order valence-corrected chi connectivity index (χ0v) is 10.1. The van der Waals surface area contributed by atoms with E-state index in [-0.39, 0.29) is 0 Å². The minimum atomic E-state index is 0.666. The number of hydrogen-bond acceptors (Lipinski definition) is 4. The van der Waals surface area contributed by atoms with Gasteiger partial charge in [0, 0.05) is 13.7 Å². The zero-order valence-electron chi connectivity index (χ0n) is 10.1. The van der Waals surface area contributed by atoms with Crippen LogP contribution in [0.15, 0.2) is 16.7 Å². The van der Waals surface area contributed by atoms with E-state index in [0.717, 1.165) is 31.9 Å². The molecule has 1 heterocycles. The lowest BCUT2D eigenvalue weighted by Crippen LogP contribution is -2.17. The van der Waals surface area contributed by atoms with E-state index in [2.05, 4.69) is 5.32 Å². The van der Waals surface area contributed by atoms with Crippen LogP contribution >= 0.6 is 0 Å². The molecule has 0 bridgehead atoms. The van der Waals surface area contributed by atoms with Gasteiger partial charge in [0.2, 0.25) is 0 Å². The molecule has 4 nitrogen and oxygen atoms in total. The molecule has 1 N–H and O–H groups in total. The first-order valence-electron chi connectivity index (χ1n) is 5.65. The van der Waals surface area contributed by atoms with Gasteiger partial charge < -0.3 is 19.2 Å². The minimum absolute atomic E-state index is 0.666. The normalized spacial score (nSPS) is 10.9. The second kappa shape index (κ2) is 8.33. The van der Waals surface area contributed by atoms with E-state index in [1.807, 2.05) is 13.0 Å². The molecule has 0 aromatic carbocycles. The molecule has 92 valence electrons. The van der Waals surface area contributed by atoms with Crippen molar-refractivity contribution in [1.82, 2.24) is 5.32 Å². The molecular weight excluding hydrogens is 206 g/mol. The molecule has 0 unspecified atom stereocenters. The number of rotatable bonds is 9. The molecule has 1 rings (SSSR count). The summed E-state index contributed by atoms with van der Waals surface area (Å²) >= 11 is 0. The summed E-state index contributed by atoms with van der Waals surface area (Å²) in [4.78, 5) is 0. The maximum absolute atomic E-state index is 5.35. The molecular formula is C12H21NO3. The molecule has 4 heteroatoms. The fraction of sp³-hybridized carbons (Fsp3) is 0.667. The first-order chi connectivity index (χ1) is 7.84. The first-order valence-corrected chi connectivity index (χ1v) is 5.65. The maximum atomic E-state index is 5.35. The number of hydrogen-bond donors (Lipinski definition) is 1. The second-order valence-electron chi connectivity index (χ2n) is 3.66. The molecule has 16 heavy (non-hydrogen) atoms. The van der Waals surface area contributed by atoms with E-state index in [1.165, 1.54) is 5.56 Å². The van der Waals surface area contributed by atoms with Gasteiger partial charge in [0.05, 0.1) is 26.0 Å². The van der Waals surface area contributed by atoms with Crippen LogP contribution in [0, 0.1) is 6.92 Å². The van der Waals surface area contributed by atoms with E-state index < -0.39 is 0 Å². The van der Waals surface area contributed by atoms with Crippen molar-refractivity contribution < 1.29 is 13.9 Å². The van der Waals surface area contributed by atoms with E-state index in [1.54, 1.807) is 13.4 Å². The highest BCUT2D eigenvalue weighted by atomic mass is 16.5. The fourth-order valence-corrected chi connectivity index (χ4v) is 1.33. The van der Waals surface area contributed by atoms with Gasteiger partial charge in [-0.25, -0.2) is 0 Å². The van der Waals surface area contributed by atoms with Crippen molar-refractivity contribution in [2.75, 3.05) is 33.5 Å². The quantitative estimate of drug-likeness (QED) is 0.652. The van der Waals surface area contributed by atoms with Crippen molar-refractivity contribution in [3.05, 3.63) is 23.7 Å². The van der Waals surface area contributed by atoms with Crippen LogP contribution in [-0.2, 0) is 16.0 Å². The lowest BCUT2D eigenvalue weighted by molar-refractivity contribution is 0.0694. The molecule has 0 saturated carbocycles. The Morgan fingerprint density at radius 3 is 2.88 bits per heavy atom. The summed E-state index contributed by atoms with van der Waals surface area (Å²) in [7, 11) is 1.68. The Balaban J connectivity index is 1.91. The highest BCUT2D eigenvalue weighted by molar-refractivity contribution is 5.13. The van der Waals surface area contributed by atoms with Crippen LogP contribution in [0.2, 0.25) is 0 Å². The molecule has 0 radical (unpaired) electrons. The molecule has 0 aliphatic carbocycles. The maximum Gasteiger partial charge on any atom is 0.120 e. The predicted molar refractivity (Wildman–Crippen MR) is 62.5 cm³/mol. The Hall–Kier alpha value is -0.840. The van der Waals surface area contributed by atoms with E-state index in [0.29, 0.717) is 13.2 Å². The molecule has 0 aliphatic rings. The van der Waals surface area contributed by atoms with Gasteiger partial charge in [-0.05, 0) is 31.5 Å². The number of aryl methyl sites for hydroxylation is 1. The summed E-state index contributed by atoms with van der Waals surface area (Å²) in [5.74, 6) is 1.01. The molecule has 1 aromatic rings. The average Bonchev–Trinajstić information content (AvgIpc) is 2.68. The van der Waals surface area contributed by atoms with E-state index in [4.69, 9.17) is 13.9 Å². The summed E-state index contributed by atoms with van der Waals surface area (Å²) in [5.41, 5.74) is 1.20. The molecule has 0 spiro atoms. The van der Waals surface area contributed by atoms with E-state index >= 15 is 0 Å². The van der Waals surface area contributed by atoms with Crippen LogP contribution in [0.4, 0.5) is 0 Å². The standard InChI is InChI=1S/C12H21NO3/c1-11-4-7-16-12(11)10-13-5-3-6-15-9-8-14-2/h4,7,13H,3,5-6,8-10H2,1-2H3. The number of nitrogens with one attached hydrogen (secondary N) is 1. The van der Waals surface area contributed by atoms with Gasteiger partial charge in [-0.3, -0.25) is 0 Å². The molecule has 1 aromatic heterocycles. The molecule has 0 saturated heterocycles. The van der Waals surface area contributed by atoms with Crippen LogP contribution in [-0.4, -0.2) is 33.5 Å². The Morgan fingerprint density at radius 1 is 1.31 bits per heavy atom. The average molecular weight is 227 g/mol. The van der Waals surface area contributed by atoms with Crippen molar-refractivity contribution in [3.8, 4) is 0 Å². The lowest BCUT2D eigenvalue weighted by Gasteiger charge is -2.05. The largest absolute Gasteiger partial charge is 0.468 e. The van der Waals surface area contributed by atoms with Gasteiger partial charge in [-0.1, -0.05) is 0 Å².